The van der Waals surface area contributed by atoms with Gasteiger partial charge in [-0.25, -0.2) is 0 Å². The molecule has 0 fully saturated rings. The molecule has 0 unspecified atom stereocenters. The molecule has 0 aliphatic rings. The first-order valence-electron chi connectivity index (χ1n) is 0.875. The molecule has 0 aromatic heterocycles. The molecule has 0 spiro atoms. The predicted octanol–water partition coefficient (Wildman–Crippen LogP) is -3.80. The van der Waals surface area contributed by atoms with Crippen molar-refractivity contribution in [2.45, 2.75) is 0 Å². The van der Waals surface area contributed by atoms with Crippen LogP contribution >= 0.6 is 0 Å². The summed E-state index contributed by atoms with van der Waals surface area (Å²) in [6.45, 7) is 0. The van der Waals surface area contributed by atoms with Crippen molar-refractivity contribution in [3.63, 3.8) is 0 Å². The van der Waals surface area contributed by atoms with Gasteiger partial charge in [0.05, 0.1) is 0 Å². The van der Waals surface area contributed by atoms with Gasteiger partial charge in [0.1, 0.15) is 0 Å². The van der Waals surface area contributed by atoms with Crippen molar-refractivity contribution in [1.29, 1.82) is 0 Å². The van der Waals surface area contributed by atoms with E-state index in [0.29, 0.717) is 0 Å². The fourth-order valence-corrected chi connectivity index (χ4v) is 0. The minimum atomic E-state index is -4.86. The quantitative estimate of drug-likeness (QED) is 0.296. The standard InChI is InChI=1S/Mg.H3O4Si.H2O/c;1-5(2,3)4;/h;1-3H;1H2/q+2;-1;/p-1. The maximum Gasteiger partial charge on any atom is 2.00 e. The van der Waals surface area contributed by atoms with E-state index in [4.69, 9.17) is 19.2 Å². The van der Waals surface area contributed by atoms with Gasteiger partial charge in [-0.3, -0.25) is 0 Å². The van der Waals surface area contributed by atoms with Crippen LogP contribution in [0.25, 0.3) is 0 Å². The Labute approximate surface area is 57.2 Å². The van der Waals surface area contributed by atoms with Crippen molar-refractivity contribution in [1.82, 2.24) is 0 Å². The Hall–Kier alpha value is 0.783. The minimum absolute atomic E-state index is 0. The Balaban J connectivity index is -0.0000000800. The summed E-state index contributed by atoms with van der Waals surface area (Å²) in [4.78, 5) is 30.6. The van der Waals surface area contributed by atoms with E-state index >= 15 is 0 Å². The first kappa shape index (κ1) is 15.7. The summed E-state index contributed by atoms with van der Waals surface area (Å²) in [5.41, 5.74) is 0. The first-order chi connectivity index (χ1) is 2.00. The van der Waals surface area contributed by atoms with E-state index in [9.17, 15) is 0 Å². The summed E-state index contributed by atoms with van der Waals surface area (Å²) < 4.78 is 0. The molecule has 7 heavy (non-hydrogen) atoms. The summed E-state index contributed by atoms with van der Waals surface area (Å²) in [6, 6.07) is 0. The van der Waals surface area contributed by atoms with Crippen LogP contribution in [0, 0.1) is 0 Å². The van der Waals surface area contributed by atoms with Gasteiger partial charge in [0.25, 0.3) is 0 Å². The van der Waals surface area contributed by atoms with Crippen molar-refractivity contribution in [3.8, 4) is 0 Å². The maximum atomic E-state index is 8.91. The van der Waals surface area contributed by atoms with Crippen LogP contribution in [0.1, 0.15) is 0 Å². The molecule has 0 saturated carbocycles. The Bertz CT molecular complexity index is 23.6. The molecule has 5 nitrogen and oxygen atoms in total. The van der Waals surface area contributed by atoms with Gasteiger partial charge in [-0.2, -0.15) is 0 Å². The van der Waals surface area contributed by atoms with Crippen LogP contribution < -0.4 is 4.80 Å². The van der Waals surface area contributed by atoms with Crippen molar-refractivity contribution in [2.24, 2.45) is 0 Å². The van der Waals surface area contributed by atoms with Gasteiger partial charge in [-0.1, -0.05) is 0 Å². The molecule has 0 radical (unpaired) electrons. The average molecular weight is 136 g/mol. The Kier molecular flexibility index (Phi) is 11.0. The molecule has 0 atom stereocenters. The molecule has 0 heterocycles. The van der Waals surface area contributed by atoms with E-state index < -0.39 is 9.05 Å². The van der Waals surface area contributed by atoms with Crippen LogP contribution in [-0.4, -0.2) is 52.0 Å². The molecule has 40 valence electrons. The smallest absolute Gasteiger partial charge is 0.870 e. The summed E-state index contributed by atoms with van der Waals surface area (Å²) in [7, 11) is -4.86. The summed E-state index contributed by atoms with van der Waals surface area (Å²) >= 11 is 0. The maximum absolute atomic E-state index is 8.91. The van der Waals surface area contributed by atoms with E-state index in [1.807, 2.05) is 0 Å². The van der Waals surface area contributed by atoms with E-state index in [0.717, 1.165) is 0 Å². The third kappa shape index (κ3) is 253. The summed E-state index contributed by atoms with van der Waals surface area (Å²) in [5, 5.41) is 0. The third-order valence-corrected chi connectivity index (χ3v) is 0. The molecule has 0 bridgehead atoms. The molecule has 0 aromatic rings. The molecule has 0 rings (SSSR count). The van der Waals surface area contributed by atoms with Crippen LogP contribution in [0.4, 0.5) is 0 Å². The van der Waals surface area contributed by atoms with Crippen molar-refractivity contribution in [3.05, 3.63) is 0 Å². The number of hydrogen-bond donors (Lipinski definition) is 3. The Morgan fingerprint density at radius 2 is 1.14 bits per heavy atom. The Morgan fingerprint density at radius 3 is 1.14 bits per heavy atom. The zero-order valence-electron chi connectivity index (χ0n) is 3.40. The van der Waals surface area contributed by atoms with Crippen LogP contribution in [0.3, 0.4) is 0 Å². The van der Waals surface area contributed by atoms with Gasteiger partial charge >= 0.3 is 32.1 Å². The van der Waals surface area contributed by atoms with Gasteiger partial charge < -0.3 is 24.7 Å². The third-order valence-electron chi connectivity index (χ3n) is 0. The van der Waals surface area contributed by atoms with Crippen molar-refractivity contribution < 1.29 is 24.7 Å². The van der Waals surface area contributed by atoms with Gasteiger partial charge in [0, 0.05) is 0 Å². The van der Waals surface area contributed by atoms with E-state index in [-0.39, 0.29) is 28.5 Å². The second-order valence-electron chi connectivity index (χ2n) is 0.574. The van der Waals surface area contributed by atoms with Crippen molar-refractivity contribution >= 4 is 32.1 Å². The van der Waals surface area contributed by atoms with Gasteiger partial charge in [-0.05, 0) is 0 Å². The van der Waals surface area contributed by atoms with Gasteiger partial charge in [0.2, 0.25) is 0 Å². The Morgan fingerprint density at radius 1 is 1.14 bits per heavy atom. The first-order valence-corrected chi connectivity index (χ1v) is 2.62. The fourth-order valence-electron chi connectivity index (χ4n) is 0. The second kappa shape index (κ2) is 4.93. The zero-order chi connectivity index (χ0) is 4.50. The predicted molar refractivity (Wildman–Crippen MR) is 20.1 cm³/mol. The zero-order valence-corrected chi connectivity index (χ0v) is 5.82. The SMILES string of the molecule is [Mg+2].[O-][Si](O)(O)O.[OH-]. The second-order valence-corrected chi connectivity index (χ2v) is 1.72. The molecule has 0 aliphatic heterocycles. The largest absolute Gasteiger partial charge is 2.00 e. The molecule has 4 N–H and O–H groups in total. The van der Waals surface area contributed by atoms with E-state index in [2.05, 4.69) is 0 Å². The van der Waals surface area contributed by atoms with Crippen molar-refractivity contribution in [2.75, 3.05) is 0 Å². The number of rotatable bonds is 0. The molecule has 7 heteroatoms. The van der Waals surface area contributed by atoms with Crippen LogP contribution in [0.2, 0.25) is 0 Å². The summed E-state index contributed by atoms with van der Waals surface area (Å²) in [5.74, 6) is 0. The van der Waals surface area contributed by atoms with Crippen LogP contribution in [0.15, 0.2) is 0 Å². The number of hydrogen-bond acceptors (Lipinski definition) is 5. The van der Waals surface area contributed by atoms with Crippen LogP contribution in [0.5, 0.6) is 0 Å². The fraction of sp³-hybridized carbons (Fsp3) is 0. The average Bonchev–Trinajstić information content (AvgIpc) is 0.722. The molecule has 0 saturated heterocycles. The molecule has 0 aromatic carbocycles. The normalized spacial score (nSPS) is 8.57. The van der Waals surface area contributed by atoms with E-state index in [1.165, 1.54) is 0 Å². The monoisotopic (exact) mass is 136 g/mol. The molecular weight excluding hydrogens is 132 g/mol. The molecule has 0 amide bonds. The van der Waals surface area contributed by atoms with Gasteiger partial charge in [0.15, 0.2) is 0 Å². The van der Waals surface area contributed by atoms with E-state index in [1.54, 1.807) is 0 Å². The summed E-state index contributed by atoms with van der Waals surface area (Å²) in [6.07, 6.45) is 0. The minimum Gasteiger partial charge on any atom is -0.870 e. The molecule has 0 aliphatic carbocycles. The topological polar surface area (TPSA) is 114 Å². The molecular formula is H4MgO5Si. The van der Waals surface area contributed by atoms with Crippen LogP contribution in [-0.2, 0) is 0 Å². The van der Waals surface area contributed by atoms with Gasteiger partial charge in [-0.15, -0.1) is 0 Å².